The lowest BCUT2D eigenvalue weighted by atomic mass is 10.1. The monoisotopic (exact) mass is 543 g/mol. The number of carboxylic acid groups (broad SMARTS) is 1. The van der Waals surface area contributed by atoms with Crippen molar-refractivity contribution in [1.82, 2.24) is 30.6 Å². The number of nitrogens with two attached hydrogens (primary N) is 3. The number of aryl methyl sites for hydroxylation is 2. The molecule has 0 bridgehead atoms. The van der Waals surface area contributed by atoms with Gasteiger partial charge in [0.2, 0.25) is 5.95 Å². The van der Waals surface area contributed by atoms with E-state index in [1.54, 1.807) is 54.7 Å². The molecule has 13 nitrogen and oxygen atoms in total. The van der Waals surface area contributed by atoms with Crippen molar-refractivity contribution in [1.29, 1.82) is 0 Å². The highest BCUT2D eigenvalue weighted by atomic mass is 16.4. The molecule has 0 aliphatic heterocycles. The minimum Gasteiger partial charge on any atom is -0.480 e. The first kappa shape index (κ1) is 27.7. The minimum atomic E-state index is -1.15. The van der Waals surface area contributed by atoms with Gasteiger partial charge in [-0.1, -0.05) is 12.1 Å². The van der Waals surface area contributed by atoms with E-state index in [2.05, 4.69) is 30.6 Å². The standard InChI is InChI=1S/C27H29N9O4/c28-18-10-8-16(9-11-18)24(37)31-13-1-2-20(26(39)40)34-25(38)17-6-3-15(4-7-17)5-12-19-14-32-23-21(33-19)22(29)35-27(30)36-23/h3-4,6-11,14,20H,1-2,5,12-13,28H2,(H,31,37)(H,34,38)(H,39,40)(H4,29,30,32,35,36)/t20-/m0/s1. The summed E-state index contributed by atoms with van der Waals surface area (Å²) in [5.74, 6) is -1.74. The highest BCUT2D eigenvalue weighted by molar-refractivity contribution is 5.96. The van der Waals surface area contributed by atoms with Gasteiger partial charge in [-0.15, -0.1) is 0 Å². The van der Waals surface area contributed by atoms with E-state index >= 15 is 0 Å². The van der Waals surface area contributed by atoms with E-state index in [1.165, 1.54) is 0 Å². The molecule has 0 saturated heterocycles. The van der Waals surface area contributed by atoms with Gasteiger partial charge in [0, 0.05) is 23.4 Å². The number of aliphatic carboxylic acids is 1. The number of hydrogen-bond acceptors (Lipinski definition) is 10. The van der Waals surface area contributed by atoms with Crippen LogP contribution < -0.4 is 27.8 Å². The van der Waals surface area contributed by atoms with Crippen LogP contribution in [-0.2, 0) is 17.6 Å². The number of hydrogen-bond donors (Lipinski definition) is 6. The number of carbonyl (C=O) groups is 3. The second-order valence-electron chi connectivity index (χ2n) is 9.08. The lowest BCUT2D eigenvalue weighted by molar-refractivity contribution is -0.139. The fraction of sp³-hybridized carbons (Fsp3) is 0.222. The zero-order valence-electron chi connectivity index (χ0n) is 21.5. The molecule has 0 radical (unpaired) electrons. The number of aromatic nitrogens is 4. The van der Waals surface area contributed by atoms with Gasteiger partial charge in [-0.25, -0.2) is 14.8 Å². The number of carboxylic acids is 1. The smallest absolute Gasteiger partial charge is 0.326 e. The average molecular weight is 544 g/mol. The Kier molecular flexibility index (Phi) is 8.64. The first-order valence-corrected chi connectivity index (χ1v) is 12.5. The van der Waals surface area contributed by atoms with E-state index in [0.717, 1.165) is 5.56 Å². The molecule has 0 spiro atoms. The lowest BCUT2D eigenvalue weighted by Gasteiger charge is -2.15. The van der Waals surface area contributed by atoms with Crippen LogP contribution in [0.3, 0.4) is 0 Å². The predicted octanol–water partition coefficient (Wildman–Crippen LogP) is 1.34. The van der Waals surface area contributed by atoms with Gasteiger partial charge in [0.05, 0.1) is 11.9 Å². The Bertz CT molecular complexity index is 1530. The van der Waals surface area contributed by atoms with Crippen molar-refractivity contribution in [3.63, 3.8) is 0 Å². The van der Waals surface area contributed by atoms with Crippen LogP contribution in [0.4, 0.5) is 17.5 Å². The Hall–Kier alpha value is -5.33. The van der Waals surface area contributed by atoms with Crippen LogP contribution in [0.2, 0.25) is 0 Å². The maximum atomic E-state index is 12.7. The summed E-state index contributed by atoms with van der Waals surface area (Å²) in [5.41, 5.74) is 20.8. The van der Waals surface area contributed by atoms with Crippen molar-refractivity contribution >= 4 is 46.4 Å². The molecular weight excluding hydrogens is 514 g/mol. The molecule has 13 heteroatoms. The van der Waals surface area contributed by atoms with Crippen LogP contribution in [0.25, 0.3) is 11.2 Å². The van der Waals surface area contributed by atoms with Gasteiger partial charge in [0.25, 0.3) is 11.8 Å². The summed E-state index contributed by atoms with van der Waals surface area (Å²) >= 11 is 0. The quantitative estimate of drug-likeness (QED) is 0.117. The summed E-state index contributed by atoms with van der Waals surface area (Å²) in [6.07, 6.45) is 3.30. The first-order chi connectivity index (χ1) is 19.2. The molecule has 0 aliphatic carbocycles. The Morgan fingerprint density at radius 2 is 1.52 bits per heavy atom. The van der Waals surface area contributed by atoms with E-state index in [0.29, 0.717) is 52.9 Å². The molecule has 206 valence electrons. The maximum Gasteiger partial charge on any atom is 0.326 e. The number of carbonyl (C=O) groups excluding carboxylic acids is 2. The van der Waals surface area contributed by atoms with E-state index in [-0.39, 0.29) is 30.6 Å². The second-order valence-corrected chi connectivity index (χ2v) is 9.08. The molecule has 9 N–H and O–H groups in total. The van der Waals surface area contributed by atoms with Gasteiger partial charge in [0.1, 0.15) is 6.04 Å². The van der Waals surface area contributed by atoms with E-state index in [4.69, 9.17) is 17.2 Å². The van der Waals surface area contributed by atoms with Crippen LogP contribution in [0.5, 0.6) is 0 Å². The normalized spacial score (nSPS) is 11.6. The minimum absolute atomic E-state index is 0.0322. The molecule has 2 heterocycles. The molecule has 0 fully saturated rings. The number of nitrogens with one attached hydrogen (secondary N) is 2. The number of nitrogen functional groups attached to an aromatic ring is 3. The fourth-order valence-corrected chi connectivity index (χ4v) is 3.94. The molecular formula is C27H29N9O4. The topological polar surface area (TPSA) is 225 Å². The predicted molar refractivity (Wildman–Crippen MR) is 149 cm³/mol. The van der Waals surface area contributed by atoms with Gasteiger partial charge >= 0.3 is 5.97 Å². The van der Waals surface area contributed by atoms with Gasteiger partial charge in [-0.3, -0.25) is 9.59 Å². The van der Waals surface area contributed by atoms with Crippen molar-refractivity contribution in [2.24, 2.45) is 0 Å². The zero-order valence-corrected chi connectivity index (χ0v) is 21.5. The summed E-state index contributed by atoms with van der Waals surface area (Å²) in [5, 5.41) is 14.8. The number of benzene rings is 2. The Labute approximate surface area is 229 Å². The molecule has 40 heavy (non-hydrogen) atoms. The van der Waals surface area contributed by atoms with Gasteiger partial charge in [-0.05, 0) is 67.6 Å². The van der Waals surface area contributed by atoms with Gasteiger partial charge in [-0.2, -0.15) is 9.97 Å². The largest absolute Gasteiger partial charge is 0.480 e. The third-order valence-corrected chi connectivity index (χ3v) is 6.12. The average Bonchev–Trinajstić information content (AvgIpc) is 2.94. The first-order valence-electron chi connectivity index (χ1n) is 12.5. The number of anilines is 3. The van der Waals surface area contributed by atoms with Gasteiger partial charge < -0.3 is 32.9 Å². The Balaban J connectivity index is 1.26. The maximum absolute atomic E-state index is 12.7. The summed E-state index contributed by atoms with van der Waals surface area (Å²) in [4.78, 5) is 53.2. The van der Waals surface area contributed by atoms with Gasteiger partial charge in [0.15, 0.2) is 17.0 Å². The van der Waals surface area contributed by atoms with Crippen LogP contribution in [0.15, 0.2) is 54.7 Å². The zero-order chi connectivity index (χ0) is 28.6. The number of rotatable bonds is 11. The molecule has 4 aromatic rings. The Morgan fingerprint density at radius 1 is 0.850 bits per heavy atom. The summed E-state index contributed by atoms with van der Waals surface area (Å²) in [6.45, 7) is 0.257. The van der Waals surface area contributed by atoms with Crippen molar-refractivity contribution in [3.05, 3.63) is 77.1 Å². The van der Waals surface area contributed by atoms with Crippen LogP contribution in [0.1, 0.15) is 44.8 Å². The van der Waals surface area contributed by atoms with Crippen LogP contribution in [0, 0.1) is 0 Å². The lowest BCUT2D eigenvalue weighted by Crippen LogP contribution is -2.41. The molecule has 2 amide bonds. The molecule has 4 rings (SSSR count). The number of amides is 2. The van der Waals surface area contributed by atoms with Crippen molar-refractivity contribution in [3.8, 4) is 0 Å². The second kappa shape index (κ2) is 12.5. The van der Waals surface area contributed by atoms with E-state index in [1.807, 2.05) is 0 Å². The third kappa shape index (κ3) is 7.16. The highest BCUT2D eigenvalue weighted by Crippen LogP contribution is 2.16. The molecule has 2 aromatic carbocycles. The molecule has 0 saturated carbocycles. The number of nitrogens with zero attached hydrogens (tertiary/aromatic N) is 4. The van der Waals surface area contributed by atoms with Crippen molar-refractivity contribution in [2.45, 2.75) is 31.7 Å². The number of fused-ring (bicyclic) bond motifs is 1. The summed E-state index contributed by atoms with van der Waals surface area (Å²) in [6, 6.07) is 12.2. The van der Waals surface area contributed by atoms with E-state index < -0.39 is 17.9 Å². The molecule has 1 atom stereocenters. The van der Waals surface area contributed by atoms with Crippen LogP contribution in [-0.4, -0.2) is 55.4 Å². The summed E-state index contributed by atoms with van der Waals surface area (Å²) < 4.78 is 0. The highest BCUT2D eigenvalue weighted by Gasteiger charge is 2.20. The van der Waals surface area contributed by atoms with E-state index in [9.17, 15) is 19.5 Å². The molecule has 0 unspecified atom stereocenters. The molecule has 2 aromatic heterocycles. The van der Waals surface area contributed by atoms with Crippen molar-refractivity contribution < 1.29 is 19.5 Å². The summed E-state index contributed by atoms with van der Waals surface area (Å²) in [7, 11) is 0. The SMILES string of the molecule is Nc1ccc(C(=O)NCCC[C@H](NC(=O)c2ccc(CCc3cnc4nc(N)nc(N)c4n3)cc2)C(=O)O)cc1. The van der Waals surface area contributed by atoms with Crippen molar-refractivity contribution in [2.75, 3.05) is 23.7 Å². The Morgan fingerprint density at radius 3 is 2.23 bits per heavy atom. The fourth-order valence-electron chi connectivity index (χ4n) is 3.94. The van der Waals surface area contributed by atoms with Crippen LogP contribution >= 0.6 is 0 Å². The third-order valence-electron chi connectivity index (χ3n) is 6.12. The molecule has 0 aliphatic rings.